The summed E-state index contributed by atoms with van der Waals surface area (Å²) in [7, 11) is 0. The van der Waals surface area contributed by atoms with Crippen LogP contribution in [-0.2, 0) is 16.8 Å². The van der Waals surface area contributed by atoms with Gasteiger partial charge in [-0.2, -0.15) is 0 Å². The highest BCUT2D eigenvalue weighted by molar-refractivity contribution is 7.09. The van der Waals surface area contributed by atoms with E-state index in [1.807, 2.05) is 0 Å². The number of aromatic carboxylic acids is 1. The van der Waals surface area contributed by atoms with Crippen LogP contribution in [0.3, 0.4) is 0 Å². The van der Waals surface area contributed by atoms with Crippen molar-refractivity contribution in [2.75, 3.05) is 0 Å². The van der Waals surface area contributed by atoms with Crippen LogP contribution in [0.2, 0.25) is 5.02 Å². The van der Waals surface area contributed by atoms with Crippen LogP contribution in [0.4, 0.5) is 4.39 Å². The van der Waals surface area contributed by atoms with E-state index in [0.717, 1.165) is 17.4 Å². The number of nitrogens with one attached hydrogen (secondary N) is 1. The van der Waals surface area contributed by atoms with Crippen molar-refractivity contribution in [3.8, 4) is 0 Å². The summed E-state index contributed by atoms with van der Waals surface area (Å²) in [6, 6.07) is 4.16. The quantitative estimate of drug-likeness (QED) is 0.862. The molecule has 0 unspecified atom stereocenters. The zero-order chi connectivity index (χ0) is 17.2. The smallest absolute Gasteiger partial charge is 0.355 e. The number of carboxylic acids is 1. The number of hydrogen-bond donors (Lipinski definition) is 2. The zero-order valence-corrected chi connectivity index (χ0v) is 14.0. The van der Waals surface area contributed by atoms with E-state index in [0.29, 0.717) is 5.01 Å². The molecule has 5 nitrogen and oxygen atoms in total. The molecule has 0 saturated heterocycles. The third-order valence-electron chi connectivity index (χ3n) is 3.34. The van der Waals surface area contributed by atoms with Crippen LogP contribution in [0.15, 0.2) is 23.6 Å². The molecule has 2 rings (SSSR count). The monoisotopic (exact) mass is 356 g/mol. The van der Waals surface area contributed by atoms with Crippen LogP contribution in [0.1, 0.15) is 34.9 Å². The molecule has 2 N–H and O–H groups in total. The number of halogens is 2. The molecule has 0 atom stereocenters. The number of nitrogens with zero attached hydrogens (tertiary/aromatic N) is 1. The minimum atomic E-state index is -1.12. The van der Waals surface area contributed by atoms with Crippen LogP contribution in [0, 0.1) is 5.82 Å². The molecule has 1 aromatic carbocycles. The zero-order valence-electron chi connectivity index (χ0n) is 12.4. The summed E-state index contributed by atoms with van der Waals surface area (Å²) in [4.78, 5) is 27.0. The number of carbonyl (C=O) groups is 2. The van der Waals surface area contributed by atoms with Gasteiger partial charge in [-0.25, -0.2) is 14.2 Å². The topological polar surface area (TPSA) is 79.3 Å². The Morgan fingerprint density at radius 1 is 1.43 bits per heavy atom. The fourth-order valence-electron chi connectivity index (χ4n) is 1.99. The third-order valence-corrected chi connectivity index (χ3v) is 4.43. The Labute approximate surface area is 141 Å². The van der Waals surface area contributed by atoms with Gasteiger partial charge in [-0.15, -0.1) is 11.3 Å². The molecule has 0 aliphatic heterocycles. The van der Waals surface area contributed by atoms with Crippen molar-refractivity contribution in [1.82, 2.24) is 10.3 Å². The summed E-state index contributed by atoms with van der Waals surface area (Å²) in [5.74, 6) is -2.08. The van der Waals surface area contributed by atoms with Crippen molar-refractivity contribution in [2.24, 2.45) is 0 Å². The molecule has 0 bridgehead atoms. The summed E-state index contributed by atoms with van der Waals surface area (Å²) < 4.78 is 14.0. The third kappa shape index (κ3) is 3.86. The van der Waals surface area contributed by atoms with Gasteiger partial charge >= 0.3 is 5.97 Å². The van der Waals surface area contributed by atoms with E-state index in [-0.39, 0.29) is 22.8 Å². The molecule has 1 amide bonds. The Balaban J connectivity index is 2.10. The van der Waals surface area contributed by atoms with E-state index < -0.39 is 23.1 Å². The number of aromatic nitrogens is 1. The number of thiazole rings is 1. The molecule has 122 valence electrons. The van der Waals surface area contributed by atoms with E-state index in [2.05, 4.69) is 10.3 Å². The number of carboxylic acid groups (broad SMARTS) is 1. The summed E-state index contributed by atoms with van der Waals surface area (Å²) in [6.07, 6.45) is 0. The second kappa shape index (κ2) is 6.64. The predicted molar refractivity (Wildman–Crippen MR) is 85.4 cm³/mol. The lowest BCUT2D eigenvalue weighted by molar-refractivity contribution is -0.125. The van der Waals surface area contributed by atoms with Crippen molar-refractivity contribution in [1.29, 1.82) is 0 Å². The summed E-state index contributed by atoms with van der Waals surface area (Å²) in [5, 5.41) is 13.6. The molecule has 0 spiro atoms. The highest BCUT2D eigenvalue weighted by Gasteiger charge is 2.32. The second-order valence-electron chi connectivity index (χ2n) is 5.36. The molecule has 1 aromatic heterocycles. The average Bonchev–Trinajstić information content (AvgIpc) is 2.93. The fraction of sp³-hybridized carbons (Fsp3) is 0.267. The maximum Gasteiger partial charge on any atom is 0.355 e. The van der Waals surface area contributed by atoms with Crippen molar-refractivity contribution in [2.45, 2.75) is 25.8 Å². The Kier molecular flexibility index (Phi) is 5.01. The first-order valence-corrected chi connectivity index (χ1v) is 7.89. The Hall–Kier alpha value is -1.99. The van der Waals surface area contributed by atoms with Gasteiger partial charge in [-0.3, -0.25) is 4.79 Å². The molecule has 2 aromatic rings. The molecule has 0 fully saturated rings. The Morgan fingerprint density at radius 3 is 2.70 bits per heavy atom. The number of amides is 1. The van der Waals surface area contributed by atoms with Crippen molar-refractivity contribution in [3.63, 3.8) is 0 Å². The van der Waals surface area contributed by atoms with Crippen molar-refractivity contribution in [3.05, 3.63) is 50.7 Å². The van der Waals surface area contributed by atoms with Gasteiger partial charge in [0, 0.05) is 16.0 Å². The van der Waals surface area contributed by atoms with Crippen LogP contribution in [0.25, 0.3) is 0 Å². The molecule has 0 aliphatic rings. The average molecular weight is 357 g/mol. The minimum Gasteiger partial charge on any atom is -0.476 e. The molecular formula is C15H14ClFN2O3S. The summed E-state index contributed by atoms with van der Waals surface area (Å²) in [5.41, 5.74) is -0.950. The summed E-state index contributed by atoms with van der Waals surface area (Å²) in [6.45, 7) is 3.27. The maximum atomic E-state index is 14.0. The minimum absolute atomic E-state index is 0.0674. The first-order valence-electron chi connectivity index (χ1n) is 6.63. The highest BCUT2D eigenvalue weighted by Crippen LogP contribution is 2.28. The molecule has 23 heavy (non-hydrogen) atoms. The first kappa shape index (κ1) is 17.4. The van der Waals surface area contributed by atoms with Gasteiger partial charge in [0.05, 0.1) is 12.0 Å². The molecule has 1 heterocycles. The van der Waals surface area contributed by atoms with Crippen LogP contribution >= 0.6 is 22.9 Å². The van der Waals surface area contributed by atoms with E-state index in [4.69, 9.17) is 16.7 Å². The van der Waals surface area contributed by atoms with E-state index in [9.17, 15) is 14.0 Å². The highest BCUT2D eigenvalue weighted by atomic mass is 35.5. The first-order chi connectivity index (χ1) is 10.7. The fourth-order valence-corrected chi connectivity index (χ4v) is 2.85. The van der Waals surface area contributed by atoms with Crippen LogP contribution < -0.4 is 5.32 Å². The van der Waals surface area contributed by atoms with Crippen LogP contribution in [-0.4, -0.2) is 22.0 Å². The predicted octanol–water partition coefficient (Wildman–Crippen LogP) is 3.23. The van der Waals surface area contributed by atoms with E-state index in [1.165, 1.54) is 17.5 Å². The summed E-state index contributed by atoms with van der Waals surface area (Å²) >= 11 is 6.85. The number of rotatable bonds is 5. The van der Waals surface area contributed by atoms with Gasteiger partial charge in [0.1, 0.15) is 10.8 Å². The standard InChI is InChI=1S/C15H14ClFN2O3S/c1-15(2,9-4-3-8(16)5-10(9)17)14(22)18-6-12-19-11(7-23-12)13(20)21/h3-5,7H,6H2,1-2H3,(H,18,22)(H,20,21). The van der Waals surface area contributed by atoms with Gasteiger partial charge < -0.3 is 10.4 Å². The largest absolute Gasteiger partial charge is 0.476 e. The number of benzene rings is 1. The Morgan fingerprint density at radius 2 is 2.13 bits per heavy atom. The Bertz CT molecular complexity index is 761. The lowest BCUT2D eigenvalue weighted by Crippen LogP contribution is -2.40. The van der Waals surface area contributed by atoms with Gasteiger partial charge in [-0.05, 0) is 26.0 Å². The van der Waals surface area contributed by atoms with Gasteiger partial charge in [-0.1, -0.05) is 17.7 Å². The van der Waals surface area contributed by atoms with Gasteiger partial charge in [0.25, 0.3) is 0 Å². The molecule has 0 radical (unpaired) electrons. The maximum absolute atomic E-state index is 14.0. The second-order valence-corrected chi connectivity index (χ2v) is 6.74. The van der Waals surface area contributed by atoms with E-state index >= 15 is 0 Å². The van der Waals surface area contributed by atoms with Gasteiger partial charge in [0.2, 0.25) is 5.91 Å². The normalized spacial score (nSPS) is 11.3. The lowest BCUT2D eigenvalue weighted by atomic mass is 9.83. The van der Waals surface area contributed by atoms with Crippen LogP contribution in [0.5, 0.6) is 0 Å². The molecule has 0 aliphatic carbocycles. The molecule has 0 saturated carbocycles. The SMILES string of the molecule is CC(C)(C(=O)NCc1nc(C(=O)O)cs1)c1ccc(Cl)cc1F. The molecule has 8 heteroatoms. The van der Waals surface area contributed by atoms with Crippen molar-refractivity contribution >= 4 is 34.8 Å². The van der Waals surface area contributed by atoms with Crippen molar-refractivity contribution < 1.29 is 19.1 Å². The number of carbonyl (C=O) groups excluding carboxylic acids is 1. The lowest BCUT2D eigenvalue weighted by Gasteiger charge is -2.24. The molecular weight excluding hydrogens is 343 g/mol. The van der Waals surface area contributed by atoms with E-state index in [1.54, 1.807) is 13.8 Å². The van der Waals surface area contributed by atoms with Gasteiger partial charge in [0.15, 0.2) is 5.69 Å². The number of hydrogen-bond acceptors (Lipinski definition) is 4.